The van der Waals surface area contributed by atoms with Gasteiger partial charge in [-0.05, 0) is 19.1 Å². The van der Waals surface area contributed by atoms with E-state index in [4.69, 9.17) is 11.6 Å². The summed E-state index contributed by atoms with van der Waals surface area (Å²) < 4.78 is 15.9. The number of rotatable bonds is 5. The molecule has 0 atom stereocenters. The number of aromatic nitrogens is 3. The largest absolute Gasteiger partial charge is 0.302 e. The van der Waals surface area contributed by atoms with Gasteiger partial charge in [0.05, 0.1) is 0 Å². The molecular formula is C17H15ClFN3S. The second-order valence-corrected chi connectivity index (χ2v) is 6.26. The number of thioether (sulfide) groups is 1. The van der Waals surface area contributed by atoms with E-state index in [9.17, 15) is 4.39 Å². The van der Waals surface area contributed by atoms with Gasteiger partial charge in [0, 0.05) is 28.4 Å². The Morgan fingerprint density at radius 2 is 1.87 bits per heavy atom. The molecule has 3 aromatic rings. The molecular weight excluding hydrogens is 333 g/mol. The Bertz CT molecular complexity index is 785. The minimum atomic E-state index is -0.296. The van der Waals surface area contributed by atoms with Crippen molar-refractivity contribution < 1.29 is 4.39 Å². The number of halogens is 2. The SMILES string of the molecule is CCn1c(SCc2c(F)cccc2Cl)nnc1-c1ccccc1. The molecule has 0 unspecified atom stereocenters. The van der Waals surface area contributed by atoms with Crippen LogP contribution >= 0.6 is 23.4 Å². The van der Waals surface area contributed by atoms with Crippen molar-refractivity contribution >= 4 is 23.4 Å². The molecule has 3 nitrogen and oxygen atoms in total. The molecule has 0 aliphatic carbocycles. The van der Waals surface area contributed by atoms with Gasteiger partial charge in [-0.15, -0.1) is 10.2 Å². The highest BCUT2D eigenvalue weighted by molar-refractivity contribution is 7.98. The molecule has 0 saturated heterocycles. The Kier molecular flexibility index (Phi) is 4.98. The second-order valence-electron chi connectivity index (χ2n) is 4.91. The van der Waals surface area contributed by atoms with E-state index in [1.807, 2.05) is 41.8 Å². The van der Waals surface area contributed by atoms with Gasteiger partial charge in [0.25, 0.3) is 0 Å². The molecule has 2 aromatic carbocycles. The highest BCUT2D eigenvalue weighted by Gasteiger charge is 2.14. The zero-order valence-corrected chi connectivity index (χ0v) is 14.1. The van der Waals surface area contributed by atoms with Crippen LogP contribution in [0.1, 0.15) is 12.5 Å². The molecule has 0 bridgehead atoms. The number of hydrogen-bond donors (Lipinski definition) is 0. The number of nitrogens with zero attached hydrogens (tertiary/aromatic N) is 3. The van der Waals surface area contributed by atoms with E-state index in [-0.39, 0.29) is 5.82 Å². The van der Waals surface area contributed by atoms with E-state index in [1.165, 1.54) is 17.8 Å². The molecule has 1 aromatic heterocycles. The van der Waals surface area contributed by atoms with Crippen molar-refractivity contribution in [2.45, 2.75) is 24.4 Å². The normalized spacial score (nSPS) is 10.9. The van der Waals surface area contributed by atoms with Gasteiger partial charge in [-0.1, -0.05) is 59.8 Å². The molecule has 0 amide bonds. The van der Waals surface area contributed by atoms with E-state index in [1.54, 1.807) is 12.1 Å². The van der Waals surface area contributed by atoms with Gasteiger partial charge >= 0.3 is 0 Å². The van der Waals surface area contributed by atoms with E-state index in [0.717, 1.165) is 23.1 Å². The third-order valence-electron chi connectivity index (χ3n) is 3.47. The van der Waals surface area contributed by atoms with Crippen molar-refractivity contribution in [3.8, 4) is 11.4 Å². The molecule has 0 fully saturated rings. The maximum Gasteiger partial charge on any atom is 0.191 e. The summed E-state index contributed by atoms with van der Waals surface area (Å²) in [7, 11) is 0. The molecule has 0 radical (unpaired) electrons. The van der Waals surface area contributed by atoms with Crippen LogP contribution in [0.15, 0.2) is 53.7 Å². The first kappa shape index (κ1) is 16.0. The van der Waals surface area contributed by atoms with Crippen LogP contribution in [0.2, 0.25) is 5.02 Å². The Morgan fingerprint density at radius 1 is 1.09 bits per heavy atom. The third-order valence-corrected chi connectivity index (χ3v) is 4.82. The third kappa shape index (κ3) is 3.41. The fourth-order valence-corrected chi connectivity index (χ4v) is 3.63. The van der Waals surface area contributed by atoms with Crippen LogP contribution in [0.3, 0.4) is 0 Å². The summed E-state index contributed by atoms with van der Waals surface area (Å²) in [5, 5.41) is 9.72. The zero-order valence-electron chi connectivity index (χ0n) is 12.5. The summed E-state index contributed by atoms with van der Waals surface area (Å²) in [6.45, 7) is 2.78. The summed E-state index contributed by atoms with van der Waals surface area (Å²) in [5.74, 6) is 0.935. The van der Waals surface area contributed by atoms with Crippen molar-refractivity contribution in [2.24, 2.45) is 0 Å². The summed E-state index contributed by atoms with van der Waals surface area (Å²) in [6.07, 6.45) is 0. The van der Waals surface area contributed by atoms with Crippen molar-refractivity contribution in [1.82, 2.24) is 14.8 Å². The molecule has 0 aliphatic heterocycles. The van der Waals surface area contributed by atoms with Crippen molar-refractivity contribution in [3.63, 3.8) is 0 Å². The standard InChI is InChI=1S/C17H15ClFN3S/c1-2-22-16(12-7-4-3-5-8-12)20-21-17(22)23-11-13-14(18)9-6-10-15(13)19/h3-10H,2,11H2,1H3. The van der Waals surface area contributed by atoms with Gasteiger partial charge in [0.1, 0.15) is 5.82 Å². The Balaban J connectivity index is 1.86. The second kappa shape index (κ2) is 7.15. The Morgan fingerprint density at radius 3 is 2.57 bits per heavy atom. The molecule has 6 heteroatoms. The van der Waals surface area contributed by atoms with Gasteiger partial charge in [0.15, 0.2) is 11.0 Å². The highest BCUT2D eigenvalue weighted by atomic mass is 35.5. The van der Waals surface area contributed by atoms with Gasteiger partial charge in [-0.2, -0.15) is 0 Å². The number of hydrogen-bond acceptors (Lipinski definition) is 3. The minimum absolute atomic E-state index is 0.296. The summed E-state index contributed by atoms with van der Waals surface area (Å²) in [5.41, 5.74) is 1.50. The lowest BCUT2D eigenvalue weighted by molar-refractivity contribution is 0.617. The average molecular weight is 348 g/mol. The molecule has 0 N–H and O–H groups in total. The van der Waals surface area contributed by atoms with Crippen LogP contribution in [0.25, 0.3) is 11.4 Å². The molecule has 3 rings (SSSR count). The molecule has 1 heterocycles. The first-order valence-electron chi connectivity index (χ1n) is 7.25. The number of benzene rings is 2. The molecule has 23 heavy (non-hydrogen) atoms. The van der Waals surface area contributed by atoms with Crippen LogP contribution < -0.4 is 0 Å². The van der Waals surface area contributed by atoms with E-state index in [0.29, 0.717) is 16.3 Å². The summed E-state index contributed by atoms with van der Waals surface area (Å²) in [6, 6.07) is 14.6. The lowest BCUT2D eigenvalue weighted by atomic mass is 10.2. The van der Waals surface area contributed by atoms with Crippen molar-refractivity contribution in [2.75, 3.05) is 0 Å². The minimum Gasteiger partial charge on any atom is -0.302 e. The molecule has 0 spiro atoms. The maximum absolute atomic E-state index is 13.9. The first-order chi connectivity index (χ1) is 11.2. The van der Waals surface area contributed by atoms with Gasteiger partial charge in [-0.25, -0.2) is 4.39 Å². The van der Waals surface area contributed by atoms with Gasteiger partial charge in [0.2, 0.25) is 0 Å². The predicted molar refractivity (Wildman–Crippen MR) is 92.1 cm³/mol. The van der Waals surface area contributed by atoms with Crippen LogP contribution in [-0.4, -0.2) is 14.8 Å². The maximum atomic E-state index is 13.9. The fraction of sp³-hybridized carbons (Fsp3) is 0.176. The van der Waals surface area contributed by atoms with Gasteiger partial charge in [-0.3, -0.25) is 0 Å². The zero-order chi connectivity index (χ0) is 16.2. The van der Waals surface area contributed by atoms with E-state index >= 15 is 0 Å². The molecule has 0 aliphatic rings. The quantitative estimate of drug-likeness (QED) is 0.605. The van der Waals surface area contributed by atoms with Crippen LogP contribution in [0.5, 0.6) is 0 Å². The van der Waals surface area contributed by atoms with Crippen LogP contribution in [0, 0.1) is 5.82 Å². The molecule has 118 valence electrons. The Labute approximate surface area is 143 Å². The highest BCUT2D eigenvalue weighted by Crippen LogP contribution is 2.29. The predicted octanol–water partition coefficient (Wildman–Crippen LogP) is 5.05. The van der Waals surface area contributed by atoms with Gasteiger partial charge < -0.3 is 4.57 Å². The lowest BCUT2D eigenvalue weighted by Gasteiger charge is -2.08. The first-order valence-corrected chi connectivity index (χ1v) is 8.61. The van der Waals surface area contributed by atoms with E-state index < -0.39 is 0 Å². The lowest BCUT2D eigenvalue weighted by Crippen LogP contribution is -2.00. The van der Waals surface area contributed by atoms with Crippen molar-refractivity contribution in [3.05, 3.63) is 64.9 Å². The summed E-state index contributed by atoms with van der Waals surface area (Å²) in [4.78, 5) is 0. The van der Waals surface area contributed by atoms with Crippen LogP contribution in [0.4, 0.5) is 4.39 Å². The van der Waals surface area contributed by atoms with E-state index in [2.05, 4.69) is 10.2 Å². The average Bonchev–Trinajstić information content (AvgIpc) is 2.98. The topological polar surface area (TPSA) is 30.7 Å². The Hall–Kier alpha value is -1.85. The molecule has 0 saturated carbocycles. The summed E-state index contributed by atoms with van der Waals surface area (Å²) >= 11 is 7.51. The van der Waals surface area contributed by atoms with Crippen molar-refractivity contribution in [1.29, 1.82) is 0 Å². The van der Waals surface area contributed by atoms with Crippen LogP contribution in [-0.2, 0) is 12.3 Å². The fourth-order valence-electron chi connectivity index (χ4n) is 2.29. The monoisotopic (exact) mass is 347 g/mol. The smallest absolute Gasteiger partial charge is 0.191 e.